The van der Waals surface area contributed by atoms with Crippen LogP contribution in [0.3, 0.4) is 0 Å². The molecule has 3 atom stereocenters. The van der Waals surface area contributed by atoms with Crippen LogP contribution in [0.25, 0.3) is 0 Å². The molecule has 1 aliphatic carbocycles. The van der Waals surface area contributed by atoms with E-state index in [4.69, 9.17) is 0 Å². The van der Waals surface area contributed by atoms with Crippen LogP contribution in [0.1, 0.15) is 51.4 Å². The van der Waals surface area contributed by atoms with Crippen LogP contribution in [0.15, 0.2) is 0 Å². The molecule has 1 saturated carbocycles. The van der Waals surface area contributed by atoms with Crippen molar-refractivity contribution in [2.24, 2.45) is 5.92 Å². The van der Waals surface area contributed by atoms with Crippen molar-refractivity contribution in [3.05, 3.63) is 0 Å². The Morgan fingerprint density at radius 2 is 1.47 bits per heavy atom. The summed E-state index contributed by atoms with van der Waals surface area (Å²) in [7, 11) is 0. The molecule has 19 heavy (non-hydrogen) atoms. The number of likely N-dealkylation sites (tertiary alicyclic amines) is 1. The maximum Gasteiger partial charge on any atom is 0.393 e. The van der Waals surface area contributed by atoms with Crippen molar-refractivity contribution in [2.45, 2.75) is 69.7 Å². The van der Waals surface area contributed by atoms with E-state index in [0.29, 0.717) is 0 Å². The molecule has 2 nitrogen and oxygen atoms in total. The highest BCUT2D eigenvalue weighted by Crippen LogP contribution is 2.40. The van der Waals surface area contributed by atoms with Gasteiger partial charge < -0.3 is 5.11 Å². The van der Waals surface area contributed by atoms with Crippen LogP contribution < -0.4 is 0 Å². The summed E-state index contributed by atoms with van der Waals surface area (Å²) in [5.41, 5.74) is 0. The van der Waals surface area contributed by atoms with E-state index >= 15 is 0 Å². The number of hydrogen-bond donors (Lipinski definition) is 1. The standard InChI is InChI=1S/C14H24F3NO/c15-14(16,17)12-7-6-11(19)10-13(12)18-8-4-2-1-3-5-9-18/h11-13,19H,1-10H2. The molecule has 5 heteroatoms. The van der Waals surface area contributed by atoms with E-state index in [-0.39, 0.29) is 19.3 Å². The Hall–Kier alpha value is -0.290. The molecule has 0 radical (unpaired) electrons. The van der Waals surface area contributed by atoms with Crippen molar-refractivity contribution in [3.8, 4) is 0 Å². The highest BCUT2D eigenvalue weighted by atomic mass is 19.4. The lowest BCUT2D eigenvalue weighted by Gasteiger charge is -2.42. The Kier molecular flexibility index (Phi) is 5.12. The third-order valence-electron chi connectivity index (χ3n) is 4.57. The second kappa shape index (κ2) is 6.44. The third kappa shape index (κ3) is 4.09. The lowest BCUT2D eigenvalue weighted by atomic mass is 9.81. The van der Waals surface area contributed by atoms with Gasteiger partial charge in [-0.2, -0.15) is 13.2 Å². The van der Waals surface area contributed by atoms with Crippen molar-refractivity contribution in [3.63, 3.8) is 0 Å². The van der Waals surface area contributed by atoms with Crippen LogP contribution in [0.5, 0.6) is 0 Å². The van der Waals surface area contributed by atoms with Gasteiger partial charge in [0.2, 0.25) is 0 Å². The molecule has 3 unspecified atom stereocenters. The average molecular weight is 279 g/mol. The van der Waals surface area contributed by atoms with Crippen LogP contribution in [-0.2, 0) is 0 Å². The fraction of sp³-hybridized carbons (Fsp3) is 1.00. The van der Waals surface area contributed by atoms with E-state index < -0.39 is 24.2 Å². The normalized spacial score (nSPS) is 35.7. The topological polar surface area (TPSA) is 23.5 Å². The number of aliphatic hydroxyl groups is 1. The van der Waals surface area contributed by atoms with Crippen molar-refractivity contribution >= 4 is 0 Å². The summed E-state index contributed by atoms with van der Waals surface area (Å²) in [6, 6.07) is -0.512. The minimum Gasteiger partial charge on any atom is -0.393 e. The Morgan fingerprint density at radius 1 is 0.895 bits per heavy atom. The van der Waals surface area contributed by atoms with Crippen LogP contribution >= 0.6 is 0 Å². The highest BCUT2D eigenvalue weighted by Gasteiger charge is 2.48. The molecule has 2 aliphatic rings. The molecule has 112 valence electrons. The zero-order valence-electron chi connectivity index (χ0n) is 11.3. The largest absolute Gasteiger partial charge is 0.393 e. The Balaban J connectivity index is 2.06. The first-order valence-electron chi connectivity index (χ1n) is 7.47. The van der Waals surface area contributed by atoms with Gasteiger partial charge in [0.1, 0.15) is 0 Å². The highest BCUT2D eigenvalue weighted by molar-refractivity contribution is 4.90. The van der Waals surface area contributed by atoms with Crippen molar-refractivity contribution < 1.29 is 18.3 Å². The Bertz CT molecular complexity index is 274. The van der Waals surface area contributed by atoms with Crippen molar-refractivity contribution in [1.82, 2.24) is 4.90 Å². The molecule has 0 bridgehead atoms. The quantitative estimate of drug-likeness (QED) is 0.795. The minimum absolute atomic E-state index is 0.0752. The van der Waals surface area contributed by atoms with Gasteiger partial charge in [-0.15, -0.1) is 0 Å². The van der Waals surface area contributed by atoms with Gasteiger partial charge in [-0.3, -0.25) is 4.90 Å². The molecule has 1 heterocycles. The van der Waals surface area contributed by atoms with Gasteiger partial charge in [0.05, 0.1) is 12.0 Å². The first-order chi connectivity index (χ1) is 8.98. The summed E-state index contributed by atoms with van der Waals surface area (Å²) in [6.45, 7) is 1.51. The first kappa shape index (κ1) is 15.1. The second-order valence-electron chi connectivity index (χ2n) is 5.99. The van der Waals surface area contributed by atoms with Crippen LogP contribution in [0.2, 0.25) is 0 Å². The fourth-order valence-corrected chi connectivity index (χ4v) is 3.51. The fourth-order valence-electron chi connectivity index (χ4n) is 3.51. The monoisotopic (exact) mass is 279 g/mol. The summed E-state index contributed by atoms with van der Waals surface area (Å²) in [6.07, 6.45) is 1.34. The molecular formula is C14H24F3NO. The predicted octanol–water partition coefficient (Wildman–Crippen LogP) is 3.34. The van der Waals surface area contributed by atoms with Crippen LogP contribution in [0, 0.1) is 5.92 Å². The van der Waals surface area contributed by atoms with Crippen LogP contribution in [0.4, 0.5) is 13.2 Å². The number of halogens is 3. The first-order valence-corrected chi connectivity index (χ1v) is 7.47. The Labute approximate surface area is 113 Å². The van der Waals surface area contributed by atoms with E-state index in [1.807, 2.05) is 4.90 Å². The average Bonchev–Trinajstić information content (AvgIpc) is 2.26. The summed E-state index contributed by atoms with van der Waals surface area (Å²) in [4.78, 5) is 2.00. The van der Waals surface area contributed by atoms with Gasteiger partial charge in [-0.1, -0.05) is 19.3 Å². The SMILES string of the molecule is OC1CCC(C(F)(F)F)C(N2CCCCCCC2)C1. The number of aliphatic hydroxyl groups excluding tert-OH is 1. The van der Waals surface area contributed by atoms with Crippen molar-refractivity contribution in [1.29, 1.82) is 0 Å². The number of nitrogens with zero attached hydrogens (tertiary/aromatic N) is 1. The summed E-state index contributed by atoms with van der Waals surface area (Å²) in [5, 5.41) is 9.73. The van der Waals surface area contributed by atoms with Crippen molar-refractivity contribution in [2.75, 3.05) is 13.1 Å². The van der Waals surface area contributed by atoms with E-state index in [1.54, 1.807) is 0 Å². The smallest absolute Gasteiger partial charge is 0.393 e. The molecule has 0 aromatic carbocycles. The molecule has 0 aromatic rings. The zero-order chi connectivity index (χ0) is 13.9. The van der Waals surface area contributed by atoms with E-state index in [9.17, 15) is 18.3 Å². The maximum atomic E-state index is 13.1. The Morgan fingerprint density at radius 3 is 2.05 bits per heavy atom. The molecule has 1 N–H and O–H groups in total. The minimum atomic E-state index is -4.13. The number of rotatable bonds is 1. The maximum absolute atomic E-state index is 13.1. The molecule has 0 amide bonds. The van der Waals surface area contributed by atoms with E-state index in [0.717, 1.165) is 38.8 Å². The van der Waals surface area contributed by atoms with Gasteiger partial charge in [0.25, 0.3) is 0 Å². The number of alkyl halides is 3. The van der Waals surface area contributed by atoms with Gasteiger partial charge >= 0.3 is 6.18 Å². The summed E-state index contributed by atoms with van der Waals surface area (Å²) < 4.78 is 39.4. The molecule has 0 spiro atoms. The number of hydrogen-bond acceptors (Lipinski definition) is 2. The molecule has 2 rings (SSSR count). The summed E-state index contributed by atoms with van der Waals surface area (Å²) in [5.74, 6) is -1.25. The predicted molar refractivity (Wildman–Crippen MR) is 67.8 cm³/mol. The molecule has 1 saturated heterocycles. The van der Waals surface area contributed by atoms with Gasteiger partial charge in [0.15, 0.2) is 0 Å². The summed E-state index contributed by atoms with van der Waals surface area (Å²) >= 11 is 0. The van der Waals surface area contributed by atoms with Gasteiger partial charge in [-0.05, 0) is 45.2 Å². The molecule has 1 aliphatic heterocycles. The second-order valence-corrected chi connectivity index (χ2v) is 5.99. The van der Waals surface area contributed by atoms with Crippen LogP contribution in [-0.4, -0.2) is 41.4 Å². The lowest BCUT2D eigenvalue weighted by molar-refractivity contribution is -0.205. The van der Waals surface area contributed by atoms with E-state index in [1.165, 1.54) is 6.42 Å². The van der Waals surface area contributed by atoms with Gasteiger partial charge in [-0.25, -0.2) is 0 Å². The molecule has 2 fully saturated rings. The third-order valence-corrected chi connectivity index (χ3v) is 4.57. The van der Waals surface area contributed by atoms with Gasteiger partial charge in [0, 0.05) is 6.04 Å². The lowest BCUT2D eigenvalue weighted by Crippen LogP contribution is -2.51. The zero-order valence-corrected chi connectivity index (χ0v) is 11.3. The molecule has 0 aromatic heterocycles. The van der Waals surface area contributed by atoms with E-state index in [2.05, 4.69) is 0 Å². The molecular weight excluding hydrogens is 255 g/mol.